The molecule has 0 atom stereocenters. The summed E-state index contributed by atoms with van der Waals surface area (Å²) in [5, 5.41) is 3.05. The van der Waals surface area contributed by atoms with Gasteiger partial charge in [-0.2, -0.15) is 4.31 Å². The molecule has 112 valence electrons. The van der Waals surface area contributed by atoms with Crippen LogP contribution in [0, 0.1) is 5.82 Å². The highest BCUT2D eigenvalue weighted by Crippen LogP contribution is 2.33. The zero-order chi connectivity index (χ0) is 14.8. The molecule has 0 radical (unpaired) electrons. The highest BCUT2D eigenvalue weighted by atomic mass is 32.2. The molecule has 1 heterocycles. The maximum atomic E-state index is 14.0. The number of piperazine rings is 1. The molecule has 0 saturated carbocycles. The van der Waals surface area contributed by atoms with Crippen LogP contribution in [0.25, 0.3) is 0 Å². The van der Waals surface area contributed by atoms with E-state index in [1.807, 2.05) is 0 Å². The summed E-state index contributed by atoms with van der Waals surface area (Å²) in [4.78, 5) is -0.392. The quantitative estimate of drug-likeness (QED) is 0.874. The van der Waals surface area contributed by atoms with Crippen molar-refractivity contribution in [1.82, 2.24) is 9.62 Å². The first kappa shape index (κ1) is 15.0. The van der Waals surface area contributed by atoms with Gasteiger partial charge in [-0.3, -0.25) is 0 Å². The molecule has 0 aliphatic carbocycles. The monoisotopic (exact) mass is 304 g/mol. The summed E-state index contributed by atoms with van der Waals surface area (Å²) in [5.41, 5.74) is 0. The van der Waals surface area contributed by atoms with Crippen molar-refractivity contribution in [2.45, 2.75) is 4.90 Å². The van der Waals surface area contributed by atoms with E-state index in [4.69, 9.17) is 9.47 Å². The molecule has 1 N–H and O–H groups in total. The Labute approximate surface area is 117 Å². The molecule has 0 unspecified atom stereocenters. The van der Waals surface area contributed by atoms with Gasteiger partial charge in [0.2, 0.25) is 10.0 Å². The Morgan fingerprint density at radius 2 is 1.70 bits per heavy atom. The van der Waals surface area contributed by atoms with Crippen LogP contribution in [0.15, 0.2) is 17.0 Å². The van der Waals surface area contributed by atoms with Crippen molar-refractivity contribution in [2.75, 3.05) is 40.4 Å². The highest BCUT2D eigenvalue weighted by Gasteiger charge is 2.30. The minimum Gasteiger partial charge on any atom is -0.493 e. The van der Waals surface area contributed by atoms with Crippen molar-refractivity contribution in [3.8, 4) is 11.5 Å². The van der Waals surface area contributed by atoms with Crippen LogP contribution in [0.2, 0.25) is 0 Å². The second kappa shape index (κ2) is 5.94. The standard InChI is InChI=1S/C12H17FN2O4S/c1-18-10-7-9(13)12(8-11(10)19-2)20(16,17)15-5-3-14-4-6-15/h7-8,14H,3-6H2,1-2H3. The van der Waals surface area contributed by atoms with Crippen molar-refractivity contribution in [3.63, 3.8) is 0 Å². The largest absolute Gasteiger partial charge is 0.493 e. The van der Waals surface area contributed by atoms with Crippen molar-refractivity contribution < 1.29 is 22.3 Å². The second-order valence-electron chi connectivity index (χ2n) is 4.29. The number of hydrogen-bond donors (Lipinski definition) is 1. The smallest absolute Gasteiger partial charge is 0.246 e. The normalized spacial score (nSPS) is 16.9. The van der Waals surface area contributed by atoms with Crippen LogP contribution >= 0.6 is 0 Å². The van der Waals surface area contributed by atoms with E-state index in [2.05, 4.69) is 5.32 Å². The van der Waals surface area contributed by atoms with Gasteiger partial charge in [0.15, 0.2) is 11.5 Å². The Morgan fingerprint density at radius 3 is 2.25 bits per heavy atom. The summed E-state index contributed by atoms with van der Waals surface area (Å²) in [5.74, 6) is -0.506. The van der Waals surface area contributed by atoms with E-state index >= 15 is 0 Å². The SMILES string of the molecule is COc1cc(F)c(S(=O)(=O)N2CCNCC2)cc1OC. The number of ether oxygens (including phenoxy) is 2. The first-order valence-corrected chi connectivity index (χ1v) is 7.57. The predicted molar refractivity (Wildman–Crippen MR) is 71.1 cm³/mol. The summed E-state index contributed by atoms with van der Waals surface area (Å²) in [6, 6.07) is 2.18. The number of hydrogen-bond acceptors (Lipinski definition) is 5. The fraction of sp³-hybridized carbons (Fsp3) is 0.500. The maximum Gasteiger partial charge on any atom is 0.246 e. The number of sulfonamides is 1. The fourth-order valence-corrected chi connectivity index (χ4v) is 3.56. The molecule has 0 spiro atoms. The van der Waals surface area contributed by atoms with Gasteiger partial charge in [-0.05, 0) is 0 Å². The zero-order valence-corrected chi connectivity index (χ0v) is 12.2. The molecule has 0 bridgehead atoms. The van der Waals surface area contributed by atoms with Crippen LogP contribution in [-0.4, -0.2) is 53.1 Å². The molecule has 1 aliphatic heterocycles. The molecule has 6 nitrogen and oxygen atoms in total. The van der Waals surface area contributed by atoms with Gasteiger partial charge in [0.25, 0.3) is 0 Å². The van der Waals surface area contributed by atoms with Crippen LogP contribution in [-0.2, 0) is 10.0 Å². The molecular formula is C12H17FN2O4S. The van der Waals surface area contributed by atoms with Gasteiger partial charge in [-0.25, -0.2) is 12.8 Å². The maximum absolute atomic E-state index is 14.0. The predicted octanol–water partition coefficient (Wildman–Crippen LogP) is 0.437. The molecule has 0 amide bonds. The van der Waals surface area contributed by atoms with Gasteiger partial charge in [-0.1, -0.05) is 0 Å². The topological polar surface area (TPSA) is 67.9 Å². The van der Waals surface area contributed by atoms with Crippen LogP contribution in [0.1, 0.15) is 0 Å². The van der Waals surface area contributed by atoms with Crippen LogP contribution in [0.4, 0.5) is 4.39 Å². The number of nitrogens with one attached hydrogen (secondary N) is 1. The van der Waals surface area contributed by atoms with Gasteiger partial charge in [0, 0.05) is 38.3 Å². The van der Waals surface area contributed by atoms with Crippen LogP contribution < -0.4 is 14.8 Å². The Kier molecular flexibility index (Phi) is 4.46. The van der Waals surface area contributed by atoms with E-state index in [0.717, 1.165) is 12.1 Å². The summed E-state index contributed by atoms with van der Waals surface area (Å²) in [7, 11) is -1.13. The van der Waals surface area contributed by atoms with E-state index in [-0.39, 0.29) is 11.5 Å². The number of halogens is 1. The third-order valence-electron chi connectivity index (χ3n) is 3.13. The lowest BCUT2D eigenvalue weighted by molar-refractivity contribution is 0.345. The number of rotatable bonds is 4. The first-order valence-electron chi connectivity index (χ1n) is 6.13. The second-order valence-corrected chi connectivity index (χ2v) is 6.20. The summed E-state index contributed by atoms with van der Waals surface area (Å²) < 4.78 is 50.2. The lowest BCUT2D eigenvalue weighted by atomic mass is 10.3. The fourth-order valence-electron chi connectivity index (χ4n) is 2.06. The van der Waals surface area contributed by atoms with E-state index in [1.165, 1.54) is 18.5 Å². The van der Waals surface area contributed by atoms with Gasteiger partial charge < -0.3 is 14.8 Å². The molecule has 20 heavy (non-hydrogen) atoms. The Balaban J connectivity index is 2.45. The summed E-state index contributed by atoms with van der Waals surface area (Å²) in [6.45, 7) is 1.73. The minimum absolute atomic E-state index is 0.157. The average Bonchev–Trinajstić information content (AvgIpc) is 2.47. The number of benzene rings is 1. The first-order chi connectivity index (χ1) is 9.50. The lowest BCUT2D eigenvalue weighted by Crippen LogP contribution is -2.46. The molecule has 0 aromatic heterocycles. The molecular weight excluding hydrogens is 287 g/mol. The Hall–Kier alpha value is -1.38. The van der Waals surface area contributed by atoms with Crippen LogP contribution in [0.5, 0.6) is 11.5 Å². The molecule has 1 aromatic carbocycles. The zero-order valence-electron chi connectivity index (χ0n) is 11.3. The Bertz CT molecular complexity index is 585. The molecule has 1 aliphatic rings. The van der Waals surface area contributed by atoms with E-state index < -0.39 is 20.7 Å². The van der Waals surface area contributed by atoms with Crippen molar-refractivity contribution in [2.24, 2.45) is 0 Å². The number of nitrogens with zero attached hydrogens (tertiary/aromatic N) is 1. The highest BCUT2D eigenvalue weighted by molar-refractivity contribution is 7.89. The van der Waals surface area contributed by atoms with Crippen LogP contribution in [0.3, 0.4) is 0 Å². The molecule has 1 fully saturated rings. The van der Waals surface area contributed by atoms with Gasteiger partial charge >= 0.3 is 0 Å². The average molecular weight is 304 g/mol. The third-order valence-corrected chi connectivity index (χ3v) is 5.05. The Morgan fingerprint density at radius 1 is 1.15 bits per heavy atom. The summed E-state index contributed by atoms with van der Waals surface area (Å²) >= 11 is 0. The molecule has 2 rings (SSSR count). The summed E-state index contributed by atoms with van der Waals surface area (Å²) in [6.07, 6.45) is 0. The molecule has 1 saturated heterocycles. The van der Waals surface area contributed by atoms with Gasteiger partial charge in [-0.15, -0.1) is 0 Å². The van der Waals surface area contributed by atoms with Gasteiger partial charge in [0.1, 0.15) is 10.7 Å². The van der Waals surface area contributed by atoms with E-state index in [1.54, 1.807) is 0 Å². The van der Waals surface area contributed by atoms with Gasteiger partial charge in [0.05, 0.1) is 14.2 Å². The van der Waals surface area contributed by atoms with E-state index in [9.17, 15) is 12.8 Å². The lowest BCUT2D eigenvalue weighted by Gasteiger charge is -2.27. The molecule has 1 aromatic rings. The van der Waals surface area contributed by atoms with Crippen molar-refractivity contribution in [3.05, 3.63) is 17.9 Å². The van der Waals surface area contributed by atoms with Crippen molar-refractivity contribution >= 4 is 10.0 Å². The third kappa shape index (κ3) is 2.72. The number of methoxy groups -OCH3 is 2. The van der Waals surface area contributed by atoms with E-state index in [0.29, 0.717) is 26.2 Å². The minimum atomic E-state index is -3.87. The molecule has 8 heteroatoms. The van der Waals surface area contributed by atoms with Crippen molar-refractivity contribution in [1.29, 1.82) is 0 Å².